The Balaban J connectivity index is 1.37. The molecular weight excluding hydrogens is 551 g/mol. The Kier molecular flexibility index (Phi) is 8.15. The summed E-state index contributed by atoms with van der Waals surface area (Å²) in [5.41, 5.74) is 2.25. The van der Waals surface area contributed by atoms with Crippen LogP contribution in [0.1, 0.15) is 16.7 Å². The highest BCUT2D eigenvalue weighted by Gasteiger charge is 2.37. The molecule has 0 unspecified atom stereocenters. The average molecular weight is 573 g/mol. The van der Waals surface area contributed by atoms with E-state index in [1.165, 1.54) is 6.08 Å². The summed E-state index contributed by atoms with van der Waals surface area (Å²) in [6.07, 6.45) is 1.35. The summed E-state index contributed by atoms with van der Waals surface area (Å²) in [4.78, 5) is 39.7. The Hall–Kier alpha value is -4.59. The van der Waals surface area contributed by atoms with Gasteiger partial charge in [0, 0.05) is 15.6 Å². The van der Waals surface area contributed by atoms with Crippen molar-refractivity contribution < 1.29 is 23.9 Å². The molecule has 0 atom stereocenters. The van der Waals surface area contributed by atoms with Crippen molar-refractivity contribution in [2.24, 2.45) is 0 Å². The molecule has 9 heteroatoms. The number of anilines is 1. The van der Waals surface area contributed by atoms with Gasteiger partial charge in [-0.1, -0.05) is 65.7 Å². The van der Waals surface area contributed by atoms with Crippen LogP contribution in [0.5, 0.6) is 11.5 Å². The second kappa shape index (κ2) is 12.1. The third kappa shape index (κ3) is 6.34. The van der Waals surface area contributed by atoms with E-state index in [0.29, 0.717) is 33.7 Å². The van der Waals surface area contributed by atoms with Crippen LogP contribution in [-0.4, -0.2) is 17.8 Å². The van der Waals surface area contributed by atoms with Crippen molar-refractivity contribution in [3.05, 3.63) is 129 Å². The minimum Gasteiger partial charge on any atom is -0.489 e. The molecule has 0 aromatic heterocycles. The minimum atomic E-state index is -0.853. The molecule has 1 saturated heterocycles. The van der Waals surface area contributed by atoms with Gasteiger partial charge in [0.1, 0.15) is 30.3 Å². The molecule has 7 nitrogen and oxygen atoms in total. The van der Waals surface area contributed by atoms with Crippen LogP contribution in [0.15, 0.2) is 103 Å². The lowest BCUT2D eigenvalue weighted by molar-refractivity contribution is -0.122. The molecule has 0 aliphatic carbocycles. The highest BCUT2D eigenvalue weighted by atomic mass is 35.5. The fourth-order valence-corrected chi connectivity index (χ4v) is 4.42. The van der Waals surface area contributed by atoms with Crippen molar-refractivity contribution in [2.45, 2.75) is 13.2 Å². The van der Waals surface area contributed by atoms with Crippen LogP contribution in [0.4, 0.5) is 10.5 Å². The fraction of sp³-hybridized carbons (Fsp3) is 0.0645. The minimum absolute atomic E-state index is 0.196. The number of nitrogens with zero attached hydrogens (tertiary/aromatic N) is 1. The summed E-state index contributed by atoms with van der Waals surface area (Å²) in [5, 5.41) is 3.18. The van der Waals surface area contributed by atoms with E-state index < -0.39 is 17.8 Å². The van der Waals surface area contributed by atoms with Gasteiger partial charge < -0.3 is 9.47 Å². The number of hydrogen-bond acceptors (Lipinski definition) is 5. The Bertz CT molecular complexity index is 1600. The largest absolute Gasteiger partial charge is 0.489 e. The molecule has 1 heterocycles. The van der Waals surface area contributed by atoms with Gasteiger partial charge >= 0.3 is 6.03 Å². The molecule has 0 bridgehead atoms. The lowest BCUT2D eigenvalue weighted by Crippen LogP contribution is -2.54. The molecule has 1 aliphatic rings. The molecule has 4 amide bonds. The topological polar surface area (TPSA) is 84.9 Å². The molecule has 4 aromatic rings. The lowest BCUT2D eigenvalue weighted by Gasteiger charge is -2.26. The summed E-state index contributed by atoms with van der Waals surface area (Å²) < 4.78 is 11.7. The van der Waals surface area contributed by atoms with Gasteiger partial charge in [-0.2, -0.15) is 0 Å². The zero-order valence-electron chi connectivity index (χ0n) is 21.0. The van der Waals surface area contributed by atoms with Gasteiger partial charge in [0.2, 0.25) is 0 Å². The first kappa shape index (κ1) is 27.0. The number of carbonyl (C=O) groups is 3. The Morgan fingerprint density at radius 1 is 0.725 bits per heavy atom. The number of urea groups is 1. The molecule has 40 heavy (non-hydrogen) atoms. The number of barbiturate groups is 1. The van der Waals surface area contributed by atoms with Gasteiger partial charge in [0.05, 0.1) is 5.69 Å². The summed E-state index contributed by atoms with van der Waals surface area (Å²) in [6, 6.07) is 27.3. The van der Waals surface area contributed by atoms with Gasteiger partial charge in [-0.3, -0.25) is 14.9 Å². The summed E-state index contributed by atoms with van der Waals surface area (Å²) >= 11 is 12.3. The number of amides is 4. The van der Waals surface area contributed by atoms with Gasteiger partial charge in [-0.25, -0.2) is 9.69 Å². The monoisotopic (exact) mass is 572 g/mol. The van der Waals surface area contributed by atoms with E-state index in [2.05, 4.69) is 5.32 Å². The average Bonchev–Trinajstić information content (AvgIpc) is 2.95. The summed E-state index contributed by atoms with van der Waals surface area (Å²) in [6.45, 7) is 0.563. The smallest absolute Gasteiger partial charge is 0.335 e. The Morgan fingerprint density at radius 3 is 2.17 bits per heavy atom. The second-order valence-electron chi connectivity index (χ2n) is 8.83. The van der Waals surface area contributed by atoms with Crippen LogP contribution in [0.2, 0.25) is 10.0 Å². The lowest BCUT2D eigenvalue weighted by atomic mass is 10.1. The van der Waals surface area contributed by atoms with Gasteiger partial charge in [0.15, 0.2) is 0 Å². The van der Waals surface area contributed by atoms with Crippen molar-refractivity contribution in [1.82, 2.24) is 5.32 Å². The molecule has 0 saturated carbocycles. The van der Waals surface area contributed by atoms with E-state index in [1.807, 2.05) is 42.5 Å². The van der Waals surface area contributed by atoms with Crippen LogP contribution in [0.3, 0.4) is 0 Å². The van der Waals surface area contributed by atoms with Crippen LogP contribution in [0.25, 0.3) is 6.08 Å². The number of hydrogen-bond donors (Lipinski definition) is 1. The predicted molar refractivity (Wildman–Crippen MR) is 153 cm³/mol. The number of carbonyl (C=O) groups excluding carboxylic acids is 3. The van der Waals surface area contributed by atoms with Crippen LogP contribution >= 0.6 is 23.2 Å². The van der Waals surface area contributed by atoms with E-state index in [9.17, 15) is 14.4 Å². The van der Waals surface area contributed by atoms with Gasteiger partial charge in [0.25, 0.3) is 11.8 Å². The van der Waals surface area contributed by atoms with Gasteiger partial charge in [-0.05, 0) is 71.8 Å². The third-order valence-corrected chi connectivity index (χ3v) is 6.47. The number of nitrogens with one attached hydrogen (secondary N) is 1. The number of benzene rings is 4. The molecular formula is C31H22Cl2N2O5. The van der Waals surface area contributed by atoms with Crippen LogP contribution in [0, 0.1) is 0 Å². The Labute approximate surface area is 240 Å². The third-order valence-electron chi connectivity index (χ3n) is 6.00. The molecule has 4 aromatic carbocycles. The normalized spacial score (nSPS) is 14.3. The van der Waals surface area contributed by atoms with E-state index in [0.717, 1.165) is 16.0 Å². The maximum Gasteiger partial charge on any atom is 0.335 e. The maximum absolute atomic E-state index is 13.4. The molecule has 0 spiro atoms. The molecule has 1 fully saturated rings. The quantitative estimate of drug-likeness (QED) is 0.185. The summed E-state index contributed by atoms with van der Waals surface area (Å²) in [5.74, 6) is -0.659. The van der Waals surface area contributed by atoms with E-state index in [4.69, 9.17) is 32.7 Å². The molecule has 1 N–H and O–H groups in total. The van der Waals surface area contributed by atoms with Crippen molar-refractivity contribution >= 4 is 52.8 Å². The Morgan fingerprint density at radius 2 is 1.43 bits per heavy atom. The maximum atomic E-state index is 13.4. The number of ether oxygens (including phenoxy) is 2. The van der Waals surface area contributed by atoms with E-state index in [1.54, 1.807) is 54.6 Å². The predicted octanol–water partition coefficient (Wildman–Crippen LogP) is 6.82. The SMILES string of the molecule is O=C1NC(=O)N(c2ccc(OCc3ccccc3)cc2)C(=O)/C1=C/c1cc(Cl)ccc1OCc1cccc(Cl)c1. The molecule has 5 rings (SSSR count). The first-order valence-electron chi connectivity index (χ1n) is 12.2. The second-order valence-corrected chi connectivity index (χ2v) is 9.70. The first-order valence-corrected chi connectivity index (χ1v) is 13.0. The highest BCUT2D eigenvalue weighted by Crippen LogP contribution is 2.29. The van der Waals surface area contributed by atoms with E-state index >= 15 is 0 Å². The summed E-state index contributed by atoms with van der Waals surface area (Å²) in [7, 11) is 0. The van der Waals surface area contributed by atoms with Crippen molar-refractivity contribution in [2.75, 3.05) is 4.90 Å². The molecule has 200 valence electrons. The highest BCUT2D eigenvalue weighted by molar-refractivity contribution is 6.39. The van der Waals surface area contributed by atoms with E-state index in [-0.39, 0.29) is 17.9 Å². The molecule has 0 radical (unpaired) electrons. The van der Waals surface area contributed by atoms with Crippen LogP contribution in [-0.2, 0) is 22.8 Å². The fourth-order valence-electron chi connectivity index (χ4n) is 4.03. The van der Waals surface area contributed by atoms with Gasteiger partial charge in [-0.15, -0.1) is 0 Å². The first-order chi connectivity index (χ1) is 19.4. The number of imide groups is 2. The molecule has 1 aliphatic heterocycles. The zero-order valence-corrected chi connectivity index (χ0v) is 22.5. The van der Waals surface area contributed by atoms with Crippen molar-refractivity contribution in [3.63, 3.8) is 0 Å². The zero-order chi connectivity index (χ0) is 28.1. The van der Waals surface area contributed by atoms with Crippen LogP contribution < -0.4 is 19.7 Å². The van der Waals surface area contributed by atoms with Crippen molar-refractivity contribution in [1.29, 1.82) is 0 Å². The standard InChI is InChI=1S/C31H22Cl2N2O5/c32-23-8-4-7-21(15-23)19-40-28-14-9-24(33)16-22(28)17-27-29(36)34-31(38)35(30(27)37)25-10-12-26(13-11-25)39-18-20-5-2-1-3-6-20/h1-17H,18-19H2,(H,34,36,38)/b27-17+. The number of rotatable bonds is 8. The van der Waals surface area contributed by atoms with Crippen molar-refractivity contribution in [3.8, 4) is 11.5 Å². The number of halogens is 2.